The fourth-order valence-electron chi connectivity index (χ4n) is 3.12. The minimum absolute atomic E-state index is 0. The highest BCUT2D eigenvalue weighted by molar-refractivity contribution is 9.09. The first-order valence-electron chi connectivity index (χ1n) is 9.15. The molecule has 0 atom stereocenters. The van der Waals surface area contributed by atoms with Gasteiger partial charge in [-0.3, -0.25) is 0 Å². The summed E-state index contributed by atoms with van der Waals surface area (Å²) in [6.07, 6.45) is 14.0. The van der Waals surface area contributed by atoms with Gasteiger partial charge in [0.05, 0.1) is 31.5 Å². The van der Waals surface area contributed by atoms with Crippen LogP contribution < -0.4 is 12.4 Å². The lowest BCUT2D eigenvalue weighted by Crippen LogP contribution is -3.00. The highest BCUT2D eigenvalue weighted by atomic mass is 79.9. The number of rotatable bonds is 15. The second-order valence-electron chi connectivity index (χ2n) is 6.40. The lowest BCUT2D eigenvalue weighted by molar-refractivity contribution is -0.926. The Morgan fingerprint density at radius 1 is 0.571 bits per heavy atom. The maximum absolute atomic E-state index is 3.71. The van der Waals surface area contributed by atoms with E-state index in [9.17, 15) is 0 Å². The van der Waals surface area contributed by atoms with E-state index in [1.54, 1.807) is 0 Å². The van der Waals surface area contributed by atoms with Gasteiger partial charge in [-0.15, -0.1) is 0 Å². The Morgan fingerprint density at radius 2 is 0.952 bits per heavy atom. The van der Waals surface area contributed by atoms with Crippen LogP contribution in [0.3, 0.4) is 0 Å². The molecule has 0 aromatic heterocycles. The van der Waals surface area contributed by atoms with Crippen molar-refractivity contribution in [2.24, 2.45) is 0 Å². The van der Waals surface area contributed by atoms with Crippen molar-refractivity contribution in [3.63, 3.8) is 0 Å². The predicted molar refractivity (Wildman–Crippen MR) is 96.7 cm³/mol. The van der Waals surface area contributed by atoms with Crippen molar-refractivity contribution in [2.45, 2.75) is 85.0 Å². The van der Waals surface area contributed by atoms with Crippen LogP contribution >= 0.6 is 15.9 Å². The van der Waals surface area contributed by atoms with E-state index in [4.69, 9.17) is 0 Å². The molecule has 21 heavy (non-hydrogen) atoms. The molecule has 0 aliphatic carbocycles. The average molecular weight is 385 g/mol. The molecule has 0 bridgehead atoms. The van der Waals surface area contributed by atoms with E-state index in [0.29, 0.717) is 0 Å². The summed E-state index contributed by atoms with van der Waals surface area (Å²) in [5.41, 5.74) is 0. The number of hydrogen-bond donors (Lipinski definition) is 0. The van der Waals surface area contributed by atoms with Crippen molar-refractivity contribution in [1.29, 1.82) is 0 Å². The van der Waals surface area contributed by atoms with Crippen molar-refractivity contribution in [3.05, 3.63) is 0 Å². The van der Waals surface area contributed by atoms with E-state index in [-0.39, 0.29) is 12.4 Å². The summed E-state index contributed by atoms with van der Waals surface area (Å²) in [5.74, 6) is 0. The van der Waals surface area contributed by atoms with Gasteiger partial charge in [0.25, 0.3) is 0 Å². The first-order valence-corrected chi connectivity index (χ1v) is 10.3. The summed E-state index contributed by atoms with van der Waals surface area (Å²) in [6.45, 7) is 12.5. The second-order valence-corrected chi connectivity index (χ2v) is 7.19. The topological polar surface area (TPSA) is 0 Å². The van der Waals surface area contributed by atoms with Gasteiger partial charge in [-0.2, -0.15) is 0 Å². The molecule has 0 aromatic carbocycles. The van der Waals surface area contributed by atoms with Crippen molar-refractivity contribution in [3.8, 4) is 0 Å². The molecule has 0 heterocycles. The van der Waals surface area contributed by atoms with E-state index in [1.165, 1.54) is 100 Å². The number of hydrogen-bond acceptors (Lipinski definition) is 0. The lowest BCUT2D eigenvalue weighted by atomic mass is 10.1. The molecule has 0 fully saturated rings. The first-order chi connectivity index (χ1) is 9.74. The maximum atomic E-state index is 3.71. The summed E-state index contributed by atoms with van der Waals surface area (Å²) in [4.78, 5) is 0. The number of halogens is 2. The van der Waals surface area contributed by atoms with Crippen molar-refractivity contribution >= 4 is 15.9 Å². The molecule has 1 nitrogen and oxygen atoms in total. The Balaban J connectivity index is 0. The summed E-state index contributed by atoms with van der Waals surface area (Å²) in [7, 11) is 0. The van der Waals surface area contributed by atoms with Crippen molar-refractivity contribution < 1.29 is 16.9 Å². The summed E-state index contributed by atoms with van der Waals surface area (Å²) in [5, 5.41) is 1.17. The Kier molecular flexibility index (Phi) is 19.5. The zero-order valence-corrected chi connectivity index (χ0v) is 17.2. The van der Waals surface area contributed by atoms with E-state index >= 15 is 0 Å². The van der Waals surface area contributed by atoms with E-state index in [1.807, 2.05) is 0 Å². The van der Waals surface area contributed by atoms with Crippen LogP contribution in [-0.2, 0) is 0 Å². The number of alkyl halides is 1. The molecule has 130 valence electrons. The van der Waals surface area contributed by atoms with Crippen LogP contribution in [0, 0.1) is 0 Å². The third-order valence-corrected chi connectivity index (χ3v) is 4.87. The molecule has 0 aliphatic rings. The third-order valence-electron chi connectivity index (χ3n) is 4.52. The van der Waals surface area contributed by atoms with Crippen molar-refractivity contribution in [1.82, 2.24) is 0 Å². The van der Waals surface area contributed by atoms with Crippen LogP contribution in [0.4, 0.5) is 0 Å². The maximum Gasteiger partial charge on any atom is 0.0885 e. The Morgan fingerprint density at radius 3 is 1.33 bits per heavy atom. The van der Waals surface area contributed by atoms with Gasteiger partial charge in [0.2, 0.25) is 0 Å². The Hall–Kier alpha value is 0.730. The molecule has 0 radical (unpaired) electrons. The smallest absolute Gasteiger partial charge is 0.0885 e. The monoisotopic (exact) mass is 383 g/mol. The summed E-state index contributed by atoms with van der Waals surface area (Å²) < 4.78 is 1.38. The molecular formula is C18H39BrClN. The van der Waals surface area contributed by atoms with E-state index in [2.05, 4.69) is 36.7 Å². The van der Waals surface area contributed by atoms with E-state index < -0.39 is 0 Å². The fraction of sp³-hybridized carbons (Fsp3) is 1.00. The van der Waals surface area contributed by atoms with Gasteiger partial charge in [-0.05, 0) is 38.5 Å². The lowest BCUT2D eigenvalue weighted by Gasteiger charge is -2.39. The zero-order chi connectivity index (χ0) is 15.1. The summed E-state index contributed by atoms with van der Waals surface area (Å²) in [6, 6.07) is 0. The normalized spacial score (nSPS) is 11.4. The zero-order valence-electron chi connectivity index (χ0n) is 14.8. The molecule has 3 heteroatoms. The molecular weight excluding hydrogens is 346 g/mol. The predicted octanol–water partition coefficient (Wildman–Crippen LogP) is 3.16. The van der Waals surface area contributed by atoms with Gasteiger partial charge in [-0.25, -0.2) is 0 Å². The molecule has 0 saturated carbocycles. The molecule has 0 unspecified atom stereocenters. The van der Waals surface area contributed by atoms with Crippen LogP contribution in [-0.4, -0.2) is 36.0 Å². The second kappa shape index (κ2) is 17.1. The van der Waals surface area contributed by atoms with Gasteiger partial charge in [0, 0.05) is 0 Å². The van der Waals surface area contributed by atoms with Crippen LogP contribution in [0.5, 0.6) is 0 Å². The Bertz CT molecular complexity index is 190. The number of nitrogens with zero attached hydrogens (tertiary/aromatic N) is 1. The molecule has 0 aliphatic heterocycles. The number of unbranched alkanes of at least 4 members (excludes halogenated alkanes) is 7. The number of quaternary nitrogens is 1. The molecule has 0 amide bonds. The molecule has 0 N–H and O–H groups in total. The van der Waals surface area contributed by atoms with Gasteiger partial charge < -0.3 is 16.9 Å². The minimum atomic E-state index is 0. The highest BCUT2D eigenvalue weighted by Crippen LogP contribution is 2.17. The van der Waals surface area contributed by atoms with Crippen LogP contribution in [0.1, 0.15) is 85.0 Å². The summed E-state index contributed by atoms with van der Waals surface area (Å²) >= 11 is 3.71. The first kappa shape index (κ1) is 24.0. The molecule has 0 saturated heterocycles. The largest absolute Gasteiger partial charge is 1.00 e. The average Bonchev–Trinajstić information content (AvgIpc) is 2.44. The molecule has 0 spiro atoms. The standard InChI is InChI=1S/C18H39BrN.ClH/c1-4-7-10-13-17-20(18-14-19,15-11-8-5-2)16-12-9-6-3;/h4-18H2,1-3H3;1H/q+1;/p-1. The van der Waals surface area contributed by atoms with Gasteiger partial charge in [0.15, 0.2) is 0 Å². The van der Waals surface area contributed by atoms with Crippen molar-refractivity contribution in [2.75, 3.05) is 31.5 Å². The Labute approximate surface area is 149 Å². The highest BCUT2D eigenvalue weighted by Gasteiger charge is 2.25. The van der Waals surface area contributed by atoms with Gasteiger partial charge in [-0.1, -0.05) is 62.4 Å². The fourth-order valence-corrected chi connectivity index (χ4v) is 3.87. The minimum Gasteiger partial charge on any atom is -1.00 e. The van der Waals surface area contributed by atoms with Crippen LogP contribution in [0.25, 0.3) is 0 Å². The SMILES string of the molecule is CCCCCC[N+](CCBr)(CCCCC)CCCCC.[Cl-]. The van der Waals surface area contributed by atoms with Crippen LogP contribution in [0.15, 0.2) is 0 Å². The van der Waals surface area contributed by atoms with Crippen LogP contribution in [0.2, 0.25) is 0 Å². The quantitative estimate of drug-likeness (QED) is 0.231. The third kappa shape index (κ3) is 12.9. The van der Waals surface area contributed by atoms with Gasteiger partial charge >= 0.3 is 0 Å². The van der Waals surface area contributed by atoms with Gasteiger partial charge in [0.1, 0.15) is 0 Å². The van der Waals surface area contributed by atoms with E-state index in [0.717, 1.165) is 0 Å². The molecule has 0 aromatic rings. The molecule has 0 rings (SSSR count).